The summed E-state index contributed by atoms with van der Waals surface area (Å²) in [5.41, 5.74) is 6.07. The fourth-order valence-corrected chi connectivity index (χ4v) is 1.49. The van der Waals surface area contributed by atoms with Gasteiger partial charge in [0.15, 0.2) is 11.6 Å². The van der Waals surface area contributed by atoms with E-state index in [0.29, 0.717) is 11.5 Å². The number of hydrogen-bond acceptors (Lipinski definition) is 1. The van der Waals surface area contributed by atoms with Crippen LogP contribution >= 0.6 is 0 Å². The minimum atomic E-state index is -0.811. The van der Waals surface area contributed by atoms with E-state index < -0.39 is 11.6 Å². The van der Waals surface area contributed by atoms with Crippen LogP contribution in [0.3, 0.4) is 0 Å². The van der Waals surface area contributed by atoms with E-state index in [4.69, 9.17) is 5.73 Å². The van der Waals surface area contributed by atoms with Gasteiger partial charge in [-0.1, -0.05) is 12.1 Å². The van der Waals surface area contributed by atoms with Crippen LogP contribution in [-0.4, -0.2) is 0 Å². The lowest BCUT2D eigenvalue weighted by atomic mass is 10.0. The maximum absolute atomic E-state index is 13.2. The molecule has 1 nitrogen and oxygen atoms in total. The van der Waals surface area contributed by atoms with Gasteiger partial charge in [0.05, 0.1) is 0 Å². The van der Waals surface area contributed by atoms with Gasteiger partial charge in [-0.25, -0.2) is 8.78 Å². The highest BCUT2D eigenvalue weighted by atomic mass is 19.2. The van der Waals surface area contributed by atoms with Gasteiger partial charge in [0.25, 0.3) is 0 Å². The van der Waals surface area contributed by atoms with E-state index in [2.05, 4.69) is 0 Å². The van der Waals surface area contributed by atoms with Crippen molar-refractivity contribution in [2.24, 2.45) is 11.7 Å². The van der Waals surface area contributed by atoms with E-state index >= 15 is 0 Å². The van der Waals surface area contributed by atoms with Gasteiger partial charge in [0, 0.05) is 11.6 Å². The lowest BCUT2D eigenvalue weighted by molar-refractivity contribution is 0.480. The largest absolute Gasteiger partial charge is 0.324 e. The van der Waals surface area contributed by atoms with Crippen molar-refractivity contribution in [3.8, 4) is 0 Å². The van der Waals surface area contributed by atoms with Crippen LogP contribution < -0.4 is 5.73 Å². The summed E-state index contributed by atoms with van der Waals surface area (Å²) in [7, 11) is 0. The third kappa shape index (κ3) is 1.56. The van der Waals surface area contributed by atoms with Crippen LogP contribution in [-0.2, 0) is 0 Å². The van der Waals surface area contributed by atoms with E-state index in [1.807, 2.05) is 0 Å². The minimum absolute atomic E-state index is 0.308. The molecule has 0 saturated heterocycles. The number of hydrogen-bond donors (Lipinski definition) is 1. The summed E-state index contributed by atoms with van der Waals surface area (Å²) in [4.78, 5) is 0. The Hall–Kier alpha value is -0.960. The zero-order valence-corrected chi connectivity index (χ0v) is 7.13. The maximum Gasteiger partial charge on any atom is 0.163 e. The monoisotopic (exact) mass is 183 g/mol. The summed E-state index contributed by atoms with van der Waals surface area (Å²) < 4.78 is 26.0. The van der Waals surface area contributed by atoms with E-state index in [1.54, 1.807) is 6.07 Å². The molecule has 0 aromatic heterocycles. The van der Waals surface area contributed by atoms with E-state index in [-0.39, 0.29) is 6.04 Å². The fraction of sp³-hybridized carbons (Fsp3) is 0.400. The molecule has 2 rings (SSSR count). The van der Waals surface area contributed by atoms with E-state index in [9.17, 15) is 8.78 Å². The zero-order chi connectivity index (χ0) is 9.42. The molecule has 13 heavy (non-hydrogen) atoms. The van der Waals surface area contributed by atoms with Crippen LogP contribution in [0.5, 0.6) is 0 Å². The normalized spacial score (nSPS) is 18.7. The van der Waals surface area contributed by atoms with Crippen molar-refractivity contribution in [1.82, 2.24) is 0 Å². The first-order chi connectivity index (χ1) is 6.20. The molecule has 0 heterocycles. The van der Waals surface area contributed by atoms with Gasteiger partial charge in [-0.3, -0.25) is 0 Å². The SMILES string of the molecule is N[C@@H](c1cccc(F)c1F)C1CC1. The molecule has 0 radical (unpaired) electrons. The first-order valence-corrected chi connectivity index (χ1v) is 4.39. The molecule has 0 amide bonds. The van der Waals surface area contributed by atoms with Gasteiger partial charge in [-0.2, -0.15) is 0 Å². The predicted octanol–water partition coefficient (Wildman–Crippen LogP) is 2.37. The molecule has 1 aliphatic rings. The van der Waals surface area contributed by atoms with Gasteiger partial charge >= 0.3 is 0 Å². The number of nitrogens with two attached hydrogens (primary N) is 1. The van der Waals surface area contributed by atoms with Crippen LogP contribution in [0.15, 0.2) is 18.2 Å². The molecule has 0 aliphatic heterocycles. The minimum Gasteiger partial charge on any atom is -0.324 e. The summed E-state index contributed by atoms with van der Waals surface area (Å²) in [5, 5.41) is 0. The average Bonchev–Trinajstić information content (AvgIpc) is 2.91. The molecule has 0 unspecified atom stereocenters. The highest BCUT2D eigenvalue weighted by molar-refractivity contribution is 5.23. The Labute approximate surface area is 75.6 Å². The van der Waals surface area contributed by atoms with Crippen molar-refractivity contribution < 1.29 is 8.78 Å². The smallest absolute Gasteiger partial charge is 0.163 e. The van der Waals surface area contributed by atoms with E-state index in [0.717, 1.165) is 18.9 Å². The first-order valence-electron chi connectivity index (χ1n) is 4.39. The number of benzene rings is 1. The Kier molecular flexibility index (Phi) is 2.04. The summed E-state index contributed by atoms with van der Waals surface area (Å²) in [5.74, 6) is -1.26. The van der Waals surface area contributed by atoms with E-state index in [1.165, 1.54) is 6.07 Å². The van der Waals surface area contributed by atoms with Gasteiger partial charge in [0.2, 0.25) is 0 Å². The van der Waals surface area contributed by atoms with Gasteiger partial charge < -0.3 is 5.73 Å². The van der Waals surface area contributed by atoms with Gasteiger partial charge in [-0.05, 0) is 24.8 Å². The average molecular weight is 183 g/mol. The van der Waals surface area contributed by atoms with Crippen molar-refractivity contribution in [2.45, 2.75) is 18.9 Å². The highest BCUT2D eigenvalue weighted by Crippen LogP contribution is 2.40. The molecular formula is C10H11F2N. The highest BCUT2D eigenvalue weighted by Gasteiger charge is 2.31. The lowest BCUT2D eigenvalue weighted by Crippen LogP contribution is -2.14. The molecule has 70 valence electrons. The second kappa shape index (κ2) is 3.07. The predicted molar refractivity (Wildman–Crippen MR) is 46.0 cm³/mol. The van der Waals surface area contributed by atoms with Crippen molar-refractivity contribution in [3.63, 3.8) is 0 Å². The molecule has 0 spiro atoms. The topological polar surface area (TPSA) is 26.0 Å². The lowest BCUT2D eigenvalue weighted by Gasteiger charge is -2.11. The van der Waals surface area contributed by atoms with Crippen molar-refractivity contribution in [3.05, 3.63) is 35.4 Å². The summed E-state index contributed by atoms with van der Waals surface area (Å²) in [6.07, 6.45) is 2.05. The Morgan fingerprint density at radius 3 is 2.62 bits per heavy atom. The summed E-state index contributed by atoms with van der Waals surface area (Å²) >= 11 is 0. The Bertz CT molecular complexity index is 321. The van der Waals surface area contributed by atoms with Crippen molar-refractivity contribution in [1.29, 1.82) is 0 Å². The van der Waals surface area contributed by atoms with Crippen LogP contribution in [0.25, 0.3) is 0 Å². The van der Waals surface area contributed by atoms with Crippen molar-refractivity contribution >= 4 is 0 Å². The Morgan fingerprint density at radius 2 is 2.00 bits per heavy atom. The molecular weight excluding hydrogens is 172 g/mol. The molecule has 1 aromatic carbocycles. The quantitative estimate of drug-likeness (QED) is 0.748. The molecule has 1 aliphatic carbocycles. The van der Waals surface area contributed by atoms with Gasteiger partial charge in [0.1, 0.15) is 0 Å². The Morgan fingerprint density at radius 1 is 1.31 bits per heavy atom. The number of rotatable bonds is 2. The van der Waals surface area contributed by atoms with Gasteiger partial charge in [-0.15, -0.1) is 0 Å². The van der Waals surface area contributed by atoms with Crippen LogP contribution in [0, 0.1) is 17.6 Å². The first kappa shape index (κ1) is 8.63. The molecule has 3 heteroatoms. The van der Waals surface area contributed by atoms with Crippen molar-refractivity contribution in [2.75, 3.05) is 0 Å². The standard InChI is InChI=1S/C10H11F2N/c11-8-3-1-2-7(9(8)12)10(13)6-4-5-6/h1-3,6,10H,4-5,13H2/t10-/m1/s1. The molecule has 1 saturated carbocycles. The summed E-state index contributed by atoms with van der Waals surface area (Å²) in [6, 6.07) is 3.83. The molecule has 2 N–H and O–H groups in total. The summed E-state index contributed by atoms with van der Waals surface area (Å²) in [6.45, 7) is 0. The molecule has 0 bridgehead atoms. The molecule has 1 fully saturated rings. The second-order valence-corrected chi connectivity index (χ2v) is 3.51. The fourth-order valence-electron chi connectivity index (χ4n) is 1.49. The number of halogens is 2. The van der Waals surface area contributed by atoms with Crippen LogP contribution in [0.4, 0.5) is 8.78 Å². The van der Waals surface area contributed by atoms with Crippen LogP contribution in [0.2, 0.25) is 0 Å². The third-order valence-corrected chi connectivity index (χ3v) is 2.47. The molecule has 1 atom stereocenters. The third-order valence-electron chi connectivity index (χ3n) is 2.47. The molecule has 1 aromatic rings. The second-order valence-electron chi connectivity index (χ2n) is 3.51. The zero-order valence-electron chi connectivity index (χ0n) is 7.13. The maximum atomic E-state index is 13.2. The Balaban J connectivity index is 2.32. The van der Waals surface area contributed by atoms with Crippen LogP contribution in [0.1, 0.15) is 24.4 Å².